The summed E-state index contributed by atoms with van der Waals surface area (Å²) in [4.78, 5) is 22.3. The average molecular weight is 250 g/mol. The second kappa shape index (κ2) is 6.76. The van der Waals surface area contributed by atoms with E-state index in [0.717, 1.165) is 5.56 Å². The quantitative estimate of drug-likeness (QED) is 0.702. The van der Waals surface area contributed by atoms with Crippen molar-refractivity contribution < 1.29 is 14.7 Å². The Bertz CT molecular complexity index is 415. The number of nitrogens with one attached hydrogen (secondary N) is 1. The molecule has 5 heteroatoms. The van der Waals surface area contributed by atoms with Crippen LogP contribution in [0.15, 0.2) is 24.3 Å². The molecule has 0 aromatic heterocycles. The van der Waals surface area contributed by atoms with Crippen molar-refractivity contribution >= 4 is 11.9 Å². The molecular formula is C13H18N2O3. The Morgan fingerprint density at radius 1 is 1.33 bits per heavy atom. The Kier molecular flexibility index (Phi) is 5.32. The van der Waals surface area contributed by atoms with E-state index >= 15 is 0 Å². The molecule has 0 saturated carbocycles. The maximum Gasteiger partial charge on any atom is 0.306 e. The van der Waals surface area contributed by atoms with Crippen LogP contribution in [0.2, 0.25) is 0 Å². The van der Waals surface area contributed by atoms with Crippen molar-refractivity contribution in [3.8, 4) is 0 Å². The average Bonchev–Trinajstić information content (AvgIpc) is 2.38. The zero-order chi connectivity index (χ0) is 13.5. The van der Waals surface area contributed by atoms with E-state index in [0.29, 0.717) is 25.1 Å². The molecule has 1 rings (SSSR count). The monoisotopic (exact) mass is 250 g/mol. The van der Waals surface area contributed by atoms with E-state index in [9.17, 15) is 9.59 Å². The summed E-state index contributed by atoms with van der Waals surface area (Å²) in [6.07, 6.45) is 0.419. The van der Waals surface area contributed by atoms with Crippen LogP contribution in [0.25, 0.3) is 0 Å². The molecule has 0 spiro atoms. The number of amides is 1. The first kappa shape index (κ1) is 14.2. The Balaban J connectivity index is 2.42. The van der Waals surface area contributed by atoms with Crippen molar-refractivity contribution in [2.24, 2.45) is 11.7 Å². The van der Waals surface area contributed by atoms with Crippen molar-refractivity contribution in [3.63, 3.8) is 0 Å². The van der Waals surface area contributed by atoms with Crippen LogP contribution in [0.5, 0.6) is 0 Å². The molecule has 98 valence electrons. The van der Waals surface area contributed by atoms with Gasteiger partial charge in [-0.25, -0.2) is 0 Å². The fraction of sp³-hybridized carbons (Fsp3) is 0.385. The van der Waals surface area contributed by atoms with Gasteiger partial charge in [-0.3, -0.25) is 9.59 Å². The van der Waals surface area contributed by atoms with Gasteiger partial charge in [0.1, 0.15) is 0 Å². The minimum absolute atomic E-state index is 0.198. The third-order valence-electron chi connectivity index (χ3n) is 2.74. The lowest BCUT2D eigenvalue weighted by atomic mass is 10.1. The minimum atomic E-state index is -0.850. The minimum Gasteiger partial charge on any atom is -0.481 e. The number of carboxylic acids is 1. The molecule has 4 N–H and O–H groups in total. The van der Waals surface area contributed by atoms with Crippen molar-refractivity contribution in [1.29, 1.82) is 0 Å². The molecular weight excluding hydrogens is 232 g/mol. The SMILES string of the molecule is CC(CCNC(=O)c1ccc(CN)cc1)C(=O)O. The summed E-state index contributed by atoms with van der Waals surface area (Å²) in [6.45, 7) is 2.41. The summed E-state index contributed by atoms with van der Waals surface area (Å²) in [7, 11) is 0. The Hall–Kier alpha value is -1.88. The molecule has 0 fully saturated rings. The summed E-state index contributed by atoms with van der Waals surface area (Å²) >= 11 is 0. The second-order valence-electron chi connectivity index (χ2n) is 4.18. The molecule has 0 saturated heterocycles. The number of aliphatic carboxylic acids is 1. The fourth-order valence-corrected chi connectivity index (χ4v) is 1.42. The molecule has 1 unspecified atom stereocenters. The van der Waals surface area contributed by atoms with E-state index in [4.69, 9.17) is 10.8 Å². The molecule has 1 atom stereocenters. The highest BCUT2D eigenvalue weighted by molar-refractivity contribution is 5.94. The normalized spacial score (nSPS) is 11.9. The predicted molar refractivity (Wildman–Crippen MR) is 68.1 cm³/mol. The second-order valence-corrected chi connectivity index (χ2v) is 4.18. The van der Waals surface area contributed by atoms with Gasteiger partial charge in [0, 0.05) is 18.7 Å². The van der Waals surface area contributed by atoms with E-state index in [1.807, 2.05) is 0 Å². The van der Waals surface area contributed by atoms with Crippen molar-refractivity contribution in [1.82, 2.24) is 5.32 Å². The molecule has 0 heterocycles. The zero-order valence-electron chi connectivity index (χ0n) is 10.3. The molecule has 1 aromatic rings. The highest BCUT2D eigenvalue weighted by Crippen LogP contribution is 2.04. The smallest absolute Gasteiger partial charge is 0.306 e. The van der Waals surface area contributed by atoms with Crippen LogP contribution in [-0.2, 0) is 11.3 Å². The highest BCUT2D eigenvalue weighted by Gasteiger charge is 2.11. The Labute approximate surface area is 106 Å². The molecule has 5 nitrogen and oxygen atoms in total. The van der Waals surface area contributed by atoms with Crippen LogP contribution < -0.4 is 11.1 Å². The molecule has 1 aromatic carbocycles. The van der Waals surface area contributed by atoms with E-state index in [1.54, 1.807) is 31.2 Å². The lowest BCUT2D eigenvalue weighted by molar-refractivity contribution is -0.141. The first-order chi connectivity index (χ1) is 8.54. The molecule has 0 radical (unpaired) electrons. The lowest BCUT2D eigenvalue weighted by Crippen LogP contribution is -2.27. The molecule has 0 bridgehead atoms. The maximum atomic E-state index is 11.7. The first-order valence-electron chi connectivity index (χ1n) is 5.84. The highest BCUT2D eigenvalue weighted by atomic mass is 16.4. The molecule has 0 aliphatic rings. The van der Waals surface area contributed by atoms with Crippen LogP contribution in [0, 0.1) is 5.92 Å². The van der Waals surface area contributed by atoms with Crippen LogP contribution >= 0.6 is 0 Å². The van der Waals surface area contributed by atoms with Gasteiger partial charge < -0.3 is 16.2 Å². The maximum absolute atomic E-state index is 11.7. The summed E-state index contributed by atoms with van der Waals surface area (Å²) in [5.41, 5.74) is 6.98. The molecule has 18 heavy (non-hydrogen) atoms. The fourth-order valence-electron chi connectivity index (χ4n) is 1.42. The van der Waals surface area contributed by atoms with Crippen molar-refractivity contribution in [3.05, 3.63) is 35.4 Å². The van der Waals surface area contributed by atoms with Crippen LogP contribution in [0.3, 0.4) is 0 Å². The van der Waals surface area contributed by atoms with E-state index < -0.39 is 11.9 Å². The van der Waals surface area contributed by atoms with E-state index in [1.165, 1.54) is 0 Å². The van der Waals surface area contributed by atoms with Gasteiger partial charge >= 0.3 is 5.97 Å². The topological polar surface area (TPSA) is 92.4 Å². The van der Waals surface area contributed by atoms with Crippen molar-refractivity contribution in [2.75, 3.05) is 6.54 Å². The summed E-state index contributed by atoms with van der Waals surface area (Å²) in [6, 6.07) is 7.01. The Morgan fingerprint density at radius 2 is 1.94 bits per heavy atom. The van der Waals surface area contributed by atoms with Gasteiger partial charge in [0.2, 0.25) is 0 Å². The van der Waals surface area contributed by atoms with Crippen LogP contribution in [0.4, 0.5) is 0 Å². The predicted octanol–water partition coefficient (Wildman–Crippen LogP) is 0.986. The van der Waals surface area contributed by atoms with Gasteiger partial charge in [-0.2, -0.15) is 0 Å². The summed E-state index contributed by atoms with van der Waals surface area (Å²) in [5, 5.41) is 11.4. The molecule has 1 amide bonds. The largest absolute Gasteiger partial charge is 0.481 e. The standard InChI is InChI=1S/C13H18N2O3/c1-9(13(17)18)6-7-15-12(16)11-4-2-10(8-14)3-5-11/h2-5,9H,6-8,14H2,1H3,(H,15,16)(H,17,18). The number of hydrogen-bond donors (Lipinski definition) is 3. The number of carbonyl (C=O) groups excluding carboxylic acids is 1. The van der Waals surface area contributed by atoms with Gasteiger partial charge in [0.15, 0.2) is 0 Å². The van der Waals surface area contributed by atoms with Crippen LogP contribution in [0.1, 0.15) is 29.3 Å². The van der Waals surface area contributed by atoms with Gasteiger partial charge in [0.05, 0.1) is 5.92 Å². The van der Waals surface area contributed by atoms with Gasteiger partial charge in [-0.1, -0.05) is 19.1 Å². The van der Waals surface area contributed by atoms with E-state index in [-0.39, 0.29) is 5.91 Å². The third kappa shape index (κ3) is 4.18. The molecule has 0 aliphatic heterocycles. The number of carboxylic acid groups (broad SMARTS) is 1. The third-order valence-corrected chi connectivity index (χ3v) is 2.74. The van der Waals surface area contributed by atoms with Gasteiger partial charge in [-0.15, -0.1) is 0 Å². The van der Waals surface area contributed by atoms with Crippen LogP contribution in [-0.4, -0.2) is 23.5 Å². The van der Waals surface area contributed by atoms with E-state index in [2.05, 4.69) is 5.32 Å². The Morgan fingerprint density at radius 3 is 2.44 bits per heavy atom. The number of nitrogens with two attached hydrogens (primary N) is 1. The number of benzene rings is 1. The summed E-state index contributed by atoms with van der Waals surface area (Å²) < 4.78 is 0. The number of carbonyl (C=O) groups is 2. The van der Waals surface area contributed by atoms with Gasteiger partial charge in [0.25, 0.3) is 5.91 Å². The zero-order valence-corrected chi connectivity index (χ0v) is 10.3. The molecule has 0 aliphatic carbocycles. The lowest BCUT2D eigenvalue weighted by Gasteiger charge is -2.08. The number of hydrogen-bond acceptors (Lipinski definition) is 3. The first-order valence-corrected chi connectivity index (χ1v) is 5.84. The van der Waals surface area contributed by atoms with Crippen molar-refractivity contribution in [2.45, 2.75) is 19.9 Å². The van der Waals surface area contributed by atoms with Gasteiger partial charge in [-0.05, 0) is 24.1 Å². The summed E-state index contributed by atoms with van der Waals surface area (Å²) in [5.74, 6) is -1.50. The number of rotatable bonds is 6.